The van der Waals surface area contributed by atoms with Crippen LogP contribution in [0.2, 0.25) is 0 Å². The number of aliphatic hydroxyl groups excluding tert-OH is 1. The van der Waals surface area contributed by atoms with E-state index in [4.69, 9.17) is 9.47 Å². The number of fused-ring (bicyclic) bond motifs is 2. The molecule has 5 rings (SSSR count). The van der Waals surface area contributed by atoms with Crippen LogP contribution >= 0.6 is 15.9 Å². The molecule has 9 heteroatoms. The first kappa shape index (κ1) is 27.1. The van der Waals surface area contributed by atoms with Gasteiger partial charge in [-0.25, -0.2) is 0 Å². The van der Waals surface area contributed by atoms with Gasteiger partial charge in [0.1, 0.15) is 5.75 Å². The van der Waals surface area contributed by atoms with Crippen LogP contribution in [0.4, 0.5) is 0 Å². The first-order valence-corrected chi connectivity index (χ1v) is 13.6. The van der Waals surface area contributed by atoms with E-state index >= 15 is 0 Å². The molecule has 202 valence electrons. The fraction of sp³-hybridized carbons (Fsp3) is 0.300. The zero-order valence-electron chi connectivity index (χ0n) is 21.6. The quantitative estimate of drug-likeness (QED) is 0.388. The first-order chi connectivity index (χ1) is 18.9. The normalized spacial score (nSPS) is 16.7. The zero-order valence-corrected chi connectivity index (χ0v) is 23.2. The smallest absolute Gasteiger partial charge is 0.254 e. The van der Waals surface area contributed by atoms with Crippen molar-refractivity contribution in [3.63, 3.8) is 0 Å². The van der Waals surface area contributed by atoms with Gasteiger partial charge in [0.15, 0.2) is 6.79 Å². The number of aliphatic imine (C=N–C) groups is 1. The van der Waals surface area contributed by atoms with E-state index in [2.05, 4.69) is 26.2 Å². The van der Waals surface area contributed by atoms with Crippen molar-refractivity contribution >= 4 is 34.0 Å². The number of ether oxygens (including phenoxy) is 2. The summed E-state index contributed by atoms with van der Waals surface area (Å²) < 4.78 is 11.3. The molecule has 2 amide bonds. The third-order valence-corrected chi connectivity index (χ3v) is 7.60. The Morgan fingerprint density at radius 1 is 1.08 bits per heavy atom. The average molecular weight is 592 g/mol. The monoisotopic (exact) mass is 591 g/mol. The first-order valence-electron chi connectivity index (χ1n) is 12.8. The summed E-state index contributed by atoms with van der Waals surface area (Å²) >= 11 is 3.40. The number of methoxy groups -OCH3 is 1. The molecule has 0 saturated carbocycles. The minimum atomic E-state index is -0.821. The molecule has 3 aromatic rings. The number of aliphatic hydroxyl groups is 1. The van der Waals surface area contributed by atoms with E-state index in [1.54, 1.807) is 19.4 Å². The molecule has 3 aromatic carbocycles. The minimum Gasteiger partial charge on any atom is -0.468 e. The molecule has 2 aliphatic heterocycles. The van der Waals surface area contributed by atoms with Crippen LogP contribution in [-0.2, 0) is 24.1 Å². The molecule has 1 unspecified atom stereocenters. The van der Waals surface area contributed by atoms with E-state index < -0.39 is 6.10 Å². The maximum atomic E-state index is 12.9. The summed E-state index contributed by atoms with van der Waals surface area (Å²) in [5, 5.41) is 13.6. The molecule has 2 N–H and O–H groups in total. The van der Waals surface area contributed by atoms with Crippen molar-refractivity contribution < 1.29 is 24.2 Å². The van der Waals surface area contributed by atoms with Gasteiger partial charge in [-0.3, -0.25) is 14.6 Å². The molecule has 2 aliphatic rings. The highest BCUT2D eigenvalue weighted by molar-refractivity contribution is 9.10. The molecule has 0 aliphatic carbocycles. The molecule has 2 heterocycles. The van der Waals surface area contributed by atoms with Gasteiger partial charge in [-0.05, 0) is 83.6 Å². The molecule has 2 atom stereocenters. The Kier molecular flexibility index (Phi) is 8.40. The molecular formula is C30H30BrN3O5. The predicted molar refractivity (Wildman–Crippen MR) is 151 cm³/mol. The van der Waals surface area contributed by atoms with Crippen molar-refractivity contribution in [2.75, 3.05) is 27.0 Å². The molecule has 0 radical (unpaired) electrons. The standard InChI is InChI=1S/C30H30BrN3O5/c1-38-18-39-26-9-6-20-14-27(32-15-24(20)13-26)28(35)16-33-29(36)22-2-3-23-17-34(11-10-21(23)12-22)30(37)19-4-7-25(31)8-5-19/h2-9,12-13,15,27-28,35H,10-11,14,16-18H2,1H3,(H,33,36)/t27?,28-/m1/s1. The highest BCUT2D eigenvalue weighted by atomic mass is 79.9. The highest BCUT2D eigenvalue weighted by Crippen LogP contribution is 2.24. The largest absolute Gasteiger partial charge is 0.468 e. The lowest BCUT2D eigenvalue weighted by molar-refractivity contribution is 0.0511. The second-order valence-electron chi connectivity index (χ2n) is 9.71. The second-order valence-corrected chi connectivity index (χ2v) is 10.6. The van der Waals surface area contributed by atoms with E-state index in [0.717, 1.165) is 26.7 Å². The lowest BCUT2D eigenvalue weighted by Crippen LogP contribution is -2.40. The van der Waals surface area contributed by atoms with Crippen molar-refractivity contribution in [3.05, 3.63) is 98.5 Å². The SMILES string of the molecule is COCOc1ccc2c(c1)C=NC([C@H](O)CNC(=O)c1ccc3c(c1)CCN(C(=O)c1ccc(Br)cc1)C3)C2. The van der Waals surface area contributed by atoms with Crippen molar-refractivity contribution in [1.29, 1.82) is 0 Å². The number of nitrogens with one attached hydrogen (secondary N) is 1. The summed E-state index contributed by atoms with van der Waals surface area (Å²) in [5.74, 6) is 0.449. The van der Waals surface area contributed by atoms with Gasteiger partial charge in [0.05, 0.1) is 12.1 Å². The minimum absolute atomic E-state index is 0.00295. The summed E-state index contributed by atoms with van der Waals surface area (Å²) in [4.78, 5) is 32.1. The van der Waals surface area contributed by atoms with Gasteiger partial charge >= 0.3 is 0 Å². The summed E-state index contributed by atoms with van der Waals surface area (Å²) in [6, 6.07) is 18.3. The van der Waals surface area contributed by atoms with Crippen LogP contribution < -0.4 is 10.1 Å². The topological polar surface area (TPSA) is 100 Å². The maximum absolute atomic E-state index is 12.9. The molecule has 39 heavy (non-hydrogen) atoms. The molecule has 0 spiro atoms. The summed E-state index contributed by atoms with van der Waals surface area (Å²) in [6.07, 6.45) is 2.17. The molecular weight excluding hydrogens is 562 g/mol. The van der Waals surface area contributed by atoms with Crippen LogP contribution in [-0.4, -0.2) is 67.2 Å². The van der Waals surface area contributed by atoms with Gasteiger partial charge in [0.2, 0.25) is 0 Å². The average Bonchev–Trinajstić information content (AvgIpc) is 2.97. The fourth-order valence-corrected chi connectivity index (χ4v) is 5.13. The molecule has 0 bridgehead atoms. The van der Waals surface area contributed by atoms with Gasteiger partial charge in [-0.2, -0.15) is 0 Å². The van der Waals surface area contributed by atoms with Gasteiger partial charge < -0.3 is 24.8 Å². The second kappa shape index (κ2) is 12.1. The van der Waals surface area contributed by atoms with Crippen molar-refractivity contribution in [3.8, 4) is 5.75 Å². The van der Waals surface area contributed by atoms with Crippen LogP contribution in [0, 0.1) is 0 Å². The van der Waals surface area contributed by atoms with Crippen molar-refractivity contribution in [2.45, 2.75) is 31.5 Å². The summed E-state index contributed by atoms with van der Waals surface area (Å²) in [7, 11) is 1.57. The number of rotatable bonds is 8. The molecule has 0 fully saturated rings. The van der Waals surface area contributed by atoms with Crippen LogP contribution in [0.3, 0.4) is 0 Å². The Labute approximate surface area is 235 Å². The Bertz CT molecular complexity index is 1390. The fourth-order valence-electron chi connectivity index (χ4n) is 4.86. The Balaban J connectivity index is 1.15. The van der Waals surface area contributed by atoms with Gasteiger partial charge in [0, 0.05) is 48.6 Å². The number of amides is 2. The number of halogens is 1. The highest BCUT2D eigenvalue weighted by Gasteiger charge is 2.25. The molecule has 8 nitrogen and oxygen atoms in total. The number of benzene rings is 3. The molecule has 0 saturated heterocycles. The van der Waals surface area contributed by atoms with Crippen molar-refractivity contribution in [1.82, 2.24) is 10.2 Å². The van der Waals surface area contributed by atoms with Crippen LogP contribution in [0.15, 0.2) is 70.1 Å². The predicted octanol–water partition coefficient (Wildman–Crippen LogP) is 3.76. The van der Waals surface area contributed by atoms with Crippen LogP contribution in [0.25, 0.3) is 0 Å². The number of hydrogen-bond donors (Lipinski definition) is 2. The van der Waals surface area contributed by atoms with E-state index in [9.17, 15) is 14.7 Å². The summed E-state index contributed by atoms with van der Waals surface area (Å²) in [5.41, 5.74) is 5.30. The summed E-state index contributed by atoms with van der Waals surface area (Å²) in [6.45, 7) is 1.36. The molecule has 0 aromatic heterocycles. The number of carbonyl (C=O) groups is 2. The zero-order chi connectivity index (χ0) is 27.4. The van der Waals surface area contributed by atoms with Gasteiger partial charge in [-0.15, -0.1) is 0 Å². The maximum Gasteiger partial charge on any atom is 0.254 e. The van der Waals surface area contributed by atoms with E-state index in [1.165, 1.54) is 0 Å². The number of carbonyl (C=O) groups excluding carboxylic acids is 2. The van der Waals surface area contributed by atoms with Crippen molar-refractivity contribution in [2.24, 2.45) is 4.99 Å². The number of nitrogens with zero attached hydrogens (tertiary/aromatic N) is 2. The van der Waals surface area contributed by atoms with Gasteiger partial charge in [0.25, 0.3) is 11.8 Å². The van der Waals surface area contributed by atoms with Gasteiger partial charge in [-0.1, -0.05) is 28.1 Å². The van der Waals surface area contributed by atoms with Crippen LogP contribution in [0.1, 0.15) is 43.0 Å². The number of hydrogen-bond acceptors (Lipinski definition) is 6. The van der Waals surface area contributed by atoms with E-state index in [1.807, 2.05) is 59.5 Å². The lowest BCUT2D eigenvalue weighted by atomic mass is 9.94. The Hall–Kier alpha value is -3.53. The lowest BCUT2D eigenvalue weighted by Gasteiger charge is -2.29. The van der Waals surface area contributed by atoms with Crippen LogP contribution in [0.5, 0.6) is 5.75 Å². The van der Waals surface area contributed by atoms with E-state index in [-0.39, 0.29) is 31.2 Å². The Morgan fingerprint density at radius 2 is 1.85 bits per heavy atom. The van der Waals surface area contributed by atoms with E-state index in [0.29, 0.717) is 42.8 Å². The third-order valence-electron chi connectivity index (χ3n) is 7.07. The third kappa shape index (κ3) is 6.38. The Morgan fingerprint density at radius 3 is 2.64 bits per heavy atom.